The van der Waals surface area contributed by atoms with E-state index >= 15 is 0 Å². The van der Waals surface area contributed by atoms with E-state index in [1.807, 2.05) is 0 Å². The molecular formula is C20H23BrNO4+. The molecule has 2 heterocycles. The van der Waals surface area contributed by atoms with Gasteiger partial charge in [0.2, 0.25) is 0 Å². The summed E-state index contributed by atoms with van der Waals surface area (Å²) in [7, 11) is 3.37. The standard InChI is InChI=1S/C20H22BrNO4/c1-23-18-7-13-3-4-22(9-14(13)8-19(18)24-2)10-15-5-17(21)6-16-11-25-12-26-20(15)16/h5-8H,3-4,9-12H2,1-2H3/p+1. The van der Waals surface area contributed by atoms with Crippen molar-refractivity contribution in [1.29, 1.82) is 0 Å². The first-order valence-electron chi connectivity index (χ1n) is 8.77. The Bertz CT molecular complexity index is 824. The van der Waals surface area contributed by atoms with Crippen LogP contribution >= 0.6 is 15.9 Å². The Morgan fingerprint density at radius 2 is 1.81 bits per heavy atom. The van der Waals surface area contributed by atoms with Gasteiger partial charge in [0.05, 0.1) is 27.4 Å². The maximum absolute atomic E-state index is 5.79. The minimum absolute atomic E-state index is 0.330. The molecule has 0 aromatic heterocycles. The summed E-state index contributed by atoms with van der Waals surface area (Å²) in [5, 5.41) is 0. The van der Waals surface area contributed by atoms with E-state index < -0.39 is 0 Å². The van der Waals surface area contributed by atoms with Gasteiger partial charge in [-0.3, -0.25) is 0 Å². The monoisotopic (exact) mass is 420 g/mol. The number of hydrogen-bond donors (Lipinski definition) is 1. The Balaban J connectivity index is 1.58. The molecule has 2 aromatic rings. The molecule has 0 amide bonds. The van der Waals surface area contributed by atoms with E-state index in [1.54, 1.807) is 14.2 Å². The van der Waals surface area contributed by atoms with Gasteiger partial charge < -0.3 is 23.8 Å². The smallest absolute Gasteiger partial charge is 0.189 e. The van der Waals surface area contributed by atoms with Crippen LogP contribution in [0.25, 0.3) is 0 Å². The lowest BCUT2D eigenvalue weighted by atomic mass is 9.98. The maximum Gasteiger partial charge on any atom is 0.189 e. The molecule has 2 aliphatic rings. The van der Waals surface area contributed by atoms with E-state index in [9.17, 15) is 0 Å². The molecule has 0 bridgehead atoms. The third kappa shape index (κ3) is 3.41. The number of rotatable bonds is 4. The zero-order valence-electron chi connectivity index (χ0n) is 15.1. The van der Waals surface area contributed by atoms with Gasteiger partial charge in [-0.05, 0) is 29.8 Å². The zero-order valence-corrected chi connectivity index (χ0v) is 16.6. The average molecular weight is 421 g/mol. The van der Waals surface area contributed by atoms with Crippen molar-refractivity contribution in [1.82, 2.24) is 0 Å². The molecule has 0 radical (unpaired) electrons. The molecule has 26 heavy (non-hydrogen) atoms. The van der Waals surface area contributed by atoms with Crippen molar-refractivity contribution in [3.63, 3.8) is 0 Å². The lowest BCUT2D eigenvalue weighted by molar-refractivity contribution is -0.929. The van der Waals surface area contributed by atoms with Gasteiger partial charge in [-0.25, -0.2) is 0 Å². The Kier molecular flexibility index (Phi) is 5.07. The van der Waals surface area contributed by atoms with Crippen molar-refractivity contribution in [3.05, 3.63) is 51.0 Å². The van der Waals surface area contributed by atoms with Crippen LogP contribution in [0.4, 0.5) is 0 Å². The fraction of sp³-hybridized carbons (Fsp3) is 0.400. The van der Waals surface area contributed by atoms with Crippen molar-refractivity contribution in [2.75, 3.05) is 27.6 Å². The average Bonchev–Trinajstić information content (AvgIpc) is 2.66. The predicted molar refractivity (Wildman–Crippen MR) is 101 cm³/mol. The number of benzene rings is 2. The van der Waals surface area contributed by atoms with Gasteiger partial charge in [-0.15, -0.1) is 0 Å². The van der Waals surface area contributed by atoms with Crippen molar-refractivity contribution in [2.45, 2.75) is 26.1 Å². The molecule has 6 heteroatoms. The molecule has 0 spiro atoms. The number of halogens is 1. The molecular weight excluding hydrogens is 398 g/mol. The predicted octanol–water partition coefficient (Wildman–Crippen LogP) is 2.47. The van der Waals surface area contributed by atoms with Gasteiger partial charge in [0.15, 0.2) is 18.3 Å². The van der Waals surface area contributed by atoms with E-state index in [1.165, 1.54) is 21.6 Å². The highest BCUT2D eigenvalue weighted by Gasteiger charge is 2.25. The van der Waals surface area contributed by atoms with Gasteiger partial charge in [0, 0.05) is 27.6 Å². The molecule has 2 aliphatic heterocycles. The molecule has 138 valence electrons. The van der Waals surface area contributed by atoms with Crippen LogP contribution in [0.1, 0.15) is 22.3 Å². The topological polar surface area (TPSA) is 41.4 Å². The normalized spacial score (nSPS) is 18.5. The summed E-state index contributed by atoms with van der Waals surface area (Å²) in [5.74, 6) is 2.60. The van der Waals surface area contributed by atoms with Crippen LogP contribution in [-0.2, 0) is 30.9 Å². The molecule has 1 atom stereocenters. The fourth-order valence-electron chi connectivity index (χ4n) is 3.84. The van der Waals surface area contributed by atoms with E-state index in [-0.39, 0.29) is 0 Å². The first-order valence-corrected chi connectivity index (χ1v) is 9.56. The highest BCUT2D eigenvalue weighted by molar-refractivity contribution is 9.10. The molecule has 1 unspecified atom stereocenters. The summed E-state index contributed by atoms with van der Waals surface area (Å²) < 4.78 is 23.2. The third-order valence-electron chi connectivity index (χ3n) is 5.09. The summed E-state index contributed by atoms with van der Waals surface area (Å²) >= 11 is 3.62. The summed E-state index contributed by atoms with van der Waals surface area (Å²) in [6, 6.07) is 8.48. The van der Waals surface area contributed by atoms with Crippen molar-refractivity contribution in [3.8, 4) is 17.2 Å². The highest BCUT2D eigenvalue weighted by atomic mass is 79.9. The number of ether oxygens (including phenoxy) is 4. The number of fused-ring (bicyclic) bond motifs is 2. The first-order chi connectivity index (χ1) is 12.7. The molecule has 0 saturated carbocycles. The summed E-state index contributed by atoms with van der Waals surface area (Å²) in [5.41, 5.74) is 5.03. The second-order valence-electron chi connectivity index (χ2n) is 6.74. The fourth-order valence-corrected chi connectivity index (χ4v) is 4.39. The summed E-state index contributed by atoms with van der Waals surface area (Å²) in [6.45, 7) is 3.91. The Morgan fingerprint density at radius 3 is 2.58 bits per heavy atom. The number of hydrogen-bond acceptors (Lipinski definition) is 4. The molecule has 0 saturated heterocycles. The number of quaternary nitrogens is 1. The SMILES string of the molecule is COc1cc2c(cc1OC)C[NH+](Cc1cc(Br)cc3c1OCOC3)CC2. The zero-order chi connectivity index (χ0) is 18.1. The van der Waals surface area contributed by atoms with Crippen LogP contribution in [0.2, 0.25) is 0 Å². The maximum atomic E-state index is 5.79. The Labute approximate surface area is 161 Å². The number of nitrogens with one attached hydrogen (secondary N) is 1. The van der Waals surface area contributed by atoms with Crippen molar-refractivity contribution < 1.29 is 23.8 Å². The van der Waals surface area contributed by atoms with E-state index in [2.05, 4.69) is 40.2 Å². The van der Waals surface area contributed by atoms with E-state index in [0.717, 1.165) is 53.3 Å². The molecule has 1 N–H and O–H groups in total. The van der Waals surface area contributed by atoms with Gasteiger partial charge >= 0.3 is 0 Å². The molecule has 5 nitrogen and oxygen atoms in total. The first kappa shape index (κ1) is 17.6. The largest absolute Gasteiger partial charge is 0.493 e. The lowest BCUT2D eigenvalue weighted by Crippen LogP contribution is -3.10. The second-order valence-corrected chi connectivity index (χ2v) is 7.66. The summed E-state index contributed by atoms with van der Waals surface area (Å²) in [4.78, 5) is 1.51. The van der Waals surface area contributed by atoms with Crippen LogP contribution in [0.15, 0.2) is 28.7 Å². The minimum atomic E-state index is 0.330. The highest BCUT2D eigenvalue weighted by Crippen LogP contribution is 2.33. The third-order valence-corrected chi connectivity index (χ3v) is 5.54. The van der Waals surface area contributed by atoms with Gasteiger partial charge in [-0.2, -0.15) is 0 Å². The molecule has 0 aliphatic carbocycles. The second kappa shape index (κ2) is 7.47. The van der Waals surface area contributed by atoms with Gasteiger partial charge in [0.1, 0.15) is 18.8 Å². The van der Waals surface area contributed by atoms with Crippen LogP contribution in [0.5, 0.6) is 17.2 Å². The van der Waals surface area contributed by atoms with Crippen molar-refractivity contribution in [2.24, 2.45) is 0 Å². The quantitative estimate of drug-likeness (QED) is 0.824. The van der Waals surface area contributed by atoms with Crippen LogP contribution in [0.3, 0.4) is 0 Å². The van der Waals surface area contributed by atoms with Gasteiger partial charge in [0.25, 0.3) is 0 Å². The Morgan fingerprint density at radius 1 is 1.04 bits per heavy atom. The van der Waals surface area contributed by atoms with Crippen molar-refractivity contribution >= 4 is 15.9 Å². The lowest BCUT2D eigenvalue weighted by Gasteiger charge is -2.28. The molecule has 4 rings (SSSR count). The summed E-state index contributed by atoms with van der Waals surface area (Å²) in [6.07, 6.45) is 1.03. The van der Waals surface area contributed by atoms with E-state index in [0.29, 0.717) is 13.4 Å². The van der Waals surface area contributed by atoms with Crippen LogP contribution in [0, 0.1) is 0 Å². The van der Waals surface area contributed by atoms with Crippen LogP contribution in [-0.4, -0.2) is 27.6 Å². The van der Waals surface area contributed by atoms with E-state index in [4.69, 9.17) is 18.9 Å². The number of methoxy groups -OCH3 is 2. The van der Waals surface area contributed by atoms with Crippen LogP contribution < -0.4 is 19.1 Å². The minimum Gasteiger partial charge on any atom is -0.493 e. The Hall–Kier alpha value is -1.76. The molecule has 0 fully saturated rings. The van der Waals surface area contributed by atoms with Gasteiger partial charge in [-0.1, -0.05) is 15.9 Å². The molecule has 2 aromatic carbocycles.